The molecular weight excluding hydrogens is 158 g/mol. The van der Waals surface area contributed by atoms with Crippen LogP contribution in [0.1, 0.15) is 29.0 Å². The van der Waals surface area contributed by atoms with E-state index in [9.17, 15) is 0 Å². The van der Waals surface area contributed by atoms with Gasteiger partial charge in [0.15, 0.2) is 0 Å². The topological polar surface area (TPSA) is 26.0 Å². The molecule has 1 saturated carbocycles. The van der Waals surface area contributed by atoms with E-state index in [2.05, 4.69) is 32.0 Å². The Hall–Kier alpha value is -0.820. The lowest BCUT2D eigenvalue weighted by molar-refractivity contribution is 0.809. The number of benzene rings is 1. The minimum atomic E-state index is 0.751. The fourth-order valence-electron chi connectivity index (χ4n) is 2.14. The lowest BCUT2D eigenvalue weighted by Gasteiger charge is -2.03. The second-order valence-electron chi connectivity index (χ2n) is 4.26. The van der Waals surface area contributed by atoms with E-state index in [-0.39, 0.29) is 0 Å². The molecule has 13 heavy (non-hydrogen) atoms. The van der Waals surface area contributed by atoms with E-state index in [1.54, 1.807) is 0 Å². The molecule has 0 saturated heterocycles. The Labute approximate surface area is 80.0 Å². The SMILES string of the molecule is Cc1cc(C)cc([C@H]2C[C@H]2CN)c1. The molecular formula is C12H17N. The molecule has 0 amide bonds. The maximum absolute atomic E-state index is 5.64. The highest BCUT2D eigenvalue weighted by molar-refractivity contribution is 5.34. The van der Waals surface area contributed by atoms with Crippen molar-refractivity contribution < 1.29 is 0 Å². The summed E-state index contributed by atoms with van der Waals surface area (Å²) in [6, 6.07) is 6.82. The van der Waals surface area contributed by atoms with E-state index >= 15 is 0 Å². The molecule has 70 valence electrons. The first-order valence-corrected chi connectivity index (χ1v) is 4.99. The van der Waals surface area contributed by atoms with Crippen LogP contribution in [0, 0.1) is 19.8 Å². The van der Waals surface area contributed by atoms with Gasteiger partial charge in [0.25, 0.3) is 0 Å². The zero-order valence-electron chi connectivity index (χ0n) is 8.38. The Morgan fingerprint density at radius 1 is 1.23 bits per heavy atom. The molecule has 1 fully saturated rings. The highest BCUT2D eigenvalue weighted by atomic mass is 14.6. The third-order valence-corrected chi connectivity index (χ3v) is 2.90. The summed E-state index contributed by atoms with van der Waals surface area (Å²) in [4.78, 5) is 0. The first-order valence-electron chi connectivity index (χ1n) is 4.99. The van der Waals surface area contributed by atoms with E-state index in [0.29, 0.717) is 0 Å². The minimum absolute atomic E-state index is 0.751. The van der Waals surface area contributed by atoms with Crippen LogP contribution >= 0.6 is 0 Å². The Balaban J connectivity index is 2.22. The van der Waals surface area contributed by atoms with Gasteiger partial charge in [0.1, 0.15) is 0 Å². The normalized spacial score (nSPS) is 26.1. The van der Waals surface area contributed by atoms with Gasteiger partial charge < -0.3 is 5.73 Å². The molecule has 0 heterocycles. The number of aryl methyl sites for hydroxylation is 2. The van der Waals surface area contributed by atoms with Crippen molar-refractivity contribution in [1.82, 2.24) is 0 Å². The molecule has 1 aromatic rings. The van der Waals surface area contributed by atoms with Crippen molar-refractivity contribution in [3.63, 3.8) is 0 Å². The molecule has 2 rings (SSSR count). The third-order valence-electron chi connectivity index (χ3n) is 2.90. The Kier molecular flexibility index (Phi) is 2.12. The van der Waals surface area contributed by atoms with Crippen molar-refractivity contribution in [2.45, 2.75) is 26.2 Å². The van der Waals surface area contributed by atoms with Crippen LogP contribution in [0.4, 0.5) is 0 Å². The average Bonchev–Trinajstić information content (AvgIpc) is 2.80. The monoisotopic (exact) mass is 175 g/mol. The largest absolute Gasteiger partial charge is 0.330 e. The fraction of sp³-hybridized carbons (Fsp3) is 0.500. The zero-order chi connectivity index (χ0) is 9.42. The summed E-state index contributed by atoms with van der Waals surface area (Å²) < 4.78 is 0. The number of hydrogen-bond acceptors (Lipinski definition) is 1. The van der Waals surface area contributed by atoms with Crippen molar-refractivity contribution in [2.24, 2.45) is 11.7 Å². The first kappa shape index (κ1) is 8.76. The lowest BCUT2D eigenvalue weighted by Crippen LogP contribution is -2.02. The molecule has 1 aliphatic rings. The zero-order valence-corrected chi connectivity index (χ0v) is 8.38. The van der Waals surface area contributed by atoms with Crippen LogP contribution in [0.3, 0.4) is 0 Å². The lowest BCUT2D eigenvalue weighted by atomic mass is 10.0. The Morgan fingerprint density at radius 2 is 1.85 bits per heavy atom. The third kappa shape index (κ3) is 1.75. The van der Waals surface area contributed by atoms with Crippen LogP contribution in [0.5, 0.6) is 0 Å². The van der Waals surface area contributed by atoms with Gasteiger partial charge in [-0.2, -0.15) is 0 Å². The van der Waals surface area contributed by atoms with Crippen molar-refractivity contribution in [3.8, 4) is 0 Å². The standard InChI is InChI=1S/C12H17N/c1-8-3-9(2)5-10(4-8)12-6-11(12)7-13/h3-5,11-12H,6-7,13H2,1-2H3/t11-,12+/m0/s1. The molecule has 1 heteroatoms. The number of rotatable bonds is 2. The van der Waals surface area contributed by atoms with Crippen LogP contribution in [-0.2, 0) is 0 Å². The summed E-state index contributed by atoms with van der Waals surface area (Å²) in [7, 11) is 0. The molecule has 2 N–H and O–H groups in total. The Bertz CT molecular complexity index is 297. The molecule has 2 atom stereocenters. The second-order valence-corrected chi connectivity index (χ2v) is 4.26. The van der Waals surface area contributed by atoms with Crippen LogP contribution in [-0.4, -0.2) is 6.54 Å². The average molecular weight is 175 g/mol. The maximum atomic E-state index is 5.64. The van der Waals surface area contributed by atoms with Crippen LogP contribution in [0.15, 0.2) is 18.2 Å². The van der Waals surface area contributed by atoms with Crippen LogP contribution < -0.4 is 5.73 Å². The molecule has 0 aromatic heterocycles. The van der Waals surface area contributed by atoms with E-state index in [4.69, 9.17) is 5.73 Å². The molecule has 0 bridgehead atoms. The van der Waals surface area contributed by atoms with E-state index in [0.717, 1.165) is 18.4 Å². The van der Waals surface area contributed by atoms with Crippen LogP contribution in [0.25, 0.3) is 0 Å². The Morgan fingerprint density at radius 3 is 2.31 bits per heavy atom. The first-order chi connectivity index (χ1) is 6.20. The predicted molar refractivity (Wildman–Crippen MR) is 55.8 cm³/mol. The van der Waals surface area contributed by atoms with E-state index in [1.165, 1.54) is 23.1 Å². The number of nitrogens with two attached hydrogens (primary N) is 1. The molecule has 0 unspecified atom stereocenters. The predicted octanol–water partition coefficient (Wildman–Crippen LogP) is 2.37. The smallest absolute Gasteiger partial charge is 0.00428 e. The molecule has 1 aliphatic carbocycles. The van der Waals surface area contributed by atoms with Crippen molar-refractivity contribution in [1.29, 1.82) is 0 Å². The van der Waals surface area contributed by atoms with Gasteiger partial charge in [-0.1, -0.05) is 29.3 Å². The summed E-state index contributed by atoms with van der Waals surface area (Å²) in [5, 5.41) is 0. The summed E-state index contributed by atoms with van der Waals surface area (Å²) in [5.41, 5.74) is 9.88. The van der Waals surface area contributed by atoms with Crippen molar-refractivity contribution in [2.75, 3.05) is 6.54 Å². The van der Waals surface area contributed by atoms with Crippen LogP contribution in [0.2, 0.25) is 0 Å². The van der Waals surface area contributed by atoms with Gasteiger partial charge in [0.05, 0.1) is 0 Å². The quantitative estimate of drug-likeness (QED) is 0.733. The molecule has 0 aliphatic heterocycles. The fourth-order valence-corrected chi connectivity index (χ4v) is 2.14. The van der Waals surface area contributed by atoms with Crippen molar-refractivity contribution >= 4 is 0 Å². The van der Waals surface area contributed by atoms with Gasteiger partial charge in [0, 0.05) is 0 Å². The van der Waals surface area contributed by atoms with Gasteiger partial charge in [-0.25, -0.2) is 0 Å². The molecule has 1 nitrogen and oxygen atoms in total. The van der Waals surface area contributed by atoms with E-state index in [1.807, 2.05) is 0 Å². The number of hydrogen-bond donors (Lipinski definition) is 1. The van der Waals surface area contributed by atoms with Gasteiger partial charge in [-0.15, -0.1) is 0 Å². The highest BCUT2D eigenvalue weighted by Gasteiger charge is 2.36. The van der Waals surface area contributed by atoms with Gasteiger partial charge in [-0.3, -0.25) is 0 Å². The molecule has 1 aromatic carbocycles. The summed E-state index contributed by atoms with van der Waals surface area (Å²) in [6.45, 7) is 5.17. The minimum Gasteiger partial charge on any atom is -0.330 e. The van der Waals surface area contributed by atoms with Crippen molar-refractivity contribution in [3.05, 3.63) is 34.9 Å². The summed E-state index contributed by atoms with van der Waals surface area (Å²) >= 11 is 0. The van der Waals surface area contributed by atoms with Gasteiger partial charge in [0.2, 0.25) is 0 Å². The summed E-state index contributed by atoms with van der Waals surface area (Å²) in [5.74, 6) is 1.50. The van der Waals surface area contributed by atoms with Gasteiger partial charge >= 0.3 is 0 Å². The highest BCUT2D eigenvalue weighted by Crippen LogP contribution is 2.46. The maximum Gasteiger partial charge on any atom is -0.00428 e. The van der Waals surface area contributed by atoms with E-state index < -0.39 is 0 Å². The summed E-state index contributed by atoms with van der Waals surface area (Å²) in [6.07, 6.45) is 1.29. The molecule has 0 radical (unpaired) electrons. The van der Waals surface area contributed by atoms with Gasteiger partial charge in [-0.05, 0) is 44.2 Å². The molecule has 0 spiro atoms. The second kappa shape index (κ2) is 3.15.